The van der Waals surface area contributed by atoms with Crippen molar-refractivity contribution >= 4 is 27.6 Å². The fourth-order valence-electron chi connectivity index (χ4n) is 2.60. The first-order valence-electron chi connectivity index (χ1n) is 6.79. The lowest BCUT2D eigenvalue weighted by Crippen LogP contribution is -2.34. The molecule has 2 aromatic heterocycles. The van der Waals surface area contributed by atoms with Crippen LogP contribution in [0.15, 0.2) is 22.9 Å². The summed E-state index contributed by atoms with van der Waals surface area (Å²) >= 11 is 3.50. The SMILES string of the molecule is COCC1CCCN1c1nc(-n2cccn2)nc(N)c1Br. The van der Waals surface area contributed by atoms with Crippen molar-refractivity contribution in [1.82, 2.24) is 19.7 Å². The van der Waals surface area contributed by atoms with E-state index < -0.39 is 0 Å². The Morgan fingerprint density at radius 1 is 1.48 bits per heavy atom. The molecule has 0 aromatic carbocycles. The molecule has 7 nitrogen and oxygen atoms in total. The average molecular weight is 353 g/mol. The van der Waals surface area contributed by atoms with Crippen LogP contribution in [0.2, 0.25) is 0 Å². The number of ether oxygens (including phenoxy) is 1. The highest BCUT2D eigenvalue weighted by Crippen LogP contribution is 2.33. The Morgan fingerprint density at radius 3 is 3.05 bits per heavy atom. The molecule has 2 N–H and O–H groups in total. The van der Waals surface area contributed by atoms with Crippen LogP contribution in [0.4, 0.5) is 11.6 Å². The molecule has 1 saturated heterocycles. The fraction of sp³-hybridized carbons (Fsp3) is 0.462. The van der Waals surface area contributed by atoms with E-state index in [2.05, 4.69) is 35.9 Å². The fourth-order valence-corrected chi connectivity index (χ4v) is 3.01. The second-order valence-electron chi connectivity index (χ2n) is 4.94. The lowest BCUT2D eigenvalue weighted by Gasteiger charge is -2.26. The van der Waals surface area contributed by atoms with E-state index in [1.165, 1.54) is 0 Å². The molecule has 0 radical (unpaired) electrons. The summed E-state index contributed by atoms with van der Waals surface area (Å²) in [6, 6.07) is 2.14. The predicted molar refractivity (Wildman–Crippen MR) is 83.5 cm³/mol. The van der Waals surface area contributed by atoms with Crippen molar-refractivity contribution in [2.45, 2.75) is 18.9 Å². The Morgan fingerprint density at radius 2 is 2.33 bits per heavy atom. The first-order valence-corrected chi connectivity index (χ1v) is 7.58. The lowest BCUT2D eigenvalue weighted by molar-refractivity contribution is 0.180. The minimum absolute atomic E-state index is 0.311. The molecule has 0 bridgehead atoms. The minimum Gasteiger partial charge on any atom is -0.383 e. The van der Waals surface area contributed by atoms with Crippen LogP contribution in [0.1, 0.15) is 12.8 Å². The maximum absolute atomic E-state index is 6.02. The molecule has 3 rings (SSSR count). The Hall–Kier alpha value is -1.67. The summed E-state index contributed by atoms with van der Waals surface area (Å²) in [5.41, 5.74) is 6.02. The number of rotatable bonds is 4. The van der Waals surface area contributed by atoms with E-state index in [0.29, 0.717) is 24.4 Å². The van der Waals surface area contributed by atoms with Gasteiger partial charge < -0.3 is 15.4 Å². The van der Waals surface area contributed by atoms with Gasteiger partial charge in [-0.15, -0.1) is 0 Å². The lowest BCUT2D eigenvalue weighted by atomic mass is 10.2. The highest BCUT2D eigenvalue weighted by Gasteiger charge is 2.28. The van der Waals surface area contributed by atoms with Crippen LogP contribution in [-0.2, 0) is 4.74 Å². The largest absolute Gasteiger partial charge is 0.383 e. The monoisotopic (exact) mass is 352 g/mol. The summed E-state index contributed by atoms with van der Waals surface area (Å²) in [4.78, 5) is 11.1. The third-order valence-electron chi connectivity index (χ3n) is 3.57. The maximum atomic E-state index is 6.02. The van der Waals surface area contributed by atoms with Crippen LogP contribution in [0.3, 0.4) is 0 Å². The van der Waals surface area contributed by atoms with Gasteiger partial charge in [-0.2, -0.15) is 15.1 Å². The van der Waals surface area contributed by atoms with Crippen molar-refractivity contribution in [3.63, 3.8) is 0 Å². The van der Waals surface area contributed by atoms with Gasteiger partial charge in [-0.25, -0.2) is 4.68 Å². The number of nitrogens with zero attached hydrogens (tertiary/aromatic N) is 5. The molecule has 0 spiro atoms. The molecular weight excluding hydrogens is 336 g/mol. The Kier molecular flexibility index (Phi) is 4.07. The Labute approximate surface area is 131 Å². The van der Waals surface area contributed by atoms with E-state index >= 15 is 0 Å². The van der Waals surface area contributed by atoms with Gasteiger partial charge in [-0.1, -0.05) is 0 Å². The predicted octanol–water partition coefficient (Wildman–Crippen LogP) is 1.62. The molecule has 1 atom stereocenters. The number of halogens is 1. The van der Waals surface area contributed by atoms with Crippen molar-refractivity contribution in [1.29, 1.82) is 0 Å². The summed E-state index contributed by atoms with van der Waals surface area (Å²) in [6.45, 7) is 1.61. The van der Waals surface area contributed by atoms with Gasteiger partial charge in [0, 0.05) is 26.0 Å². The van der Waals surface area contributed by atoms with Crippen LogP contribution < -0.4 is 10.6 Å². The van der Waals surface area contributed by atoms with Gasteiger partial charge >= 0.3 is 0 Å². The Balaban J connectivity index is 2.01. The van der Waals surface area contributed by atoms with Crippen LogP contribution in [0, 0.1) is 0 Å². The van der Waals surface area contributed by atoms with E-state index in [1.54, 1.807) is 24.2 Å². The highest BCUT2D eigenvalue weighted by molar-refractivity contribution is 9.10. The number of nitrogen functional groups attached to an aromatic ring is 1. The molecule has 3 heterocycles. The minimum atomic E-state index is 0.311. The van der Waals surface area contributed by atoms with Crippen LogP contribution in [0.25, 0.3) is 5.95 Å². The summed E-state index contributed by atoms with van der Waals surface area (Å²) in [5.74, 6) is 1.68. The zero-order valence-electron chi connectivity index (χ0n) is 11.7. The molecule has 1 aliphatic rings. The summed E-state index contributed by atoms with van der Waals surface area (Å²) < 4.78 is 7.63. The number of aromatic nitrogens is 4. The van der Waals surface area contributed by atoms with Crippen molar-refractivity contribution in [3.8, 4) is 5.95 Å². The van der Waals surface area contributed by atoms with Crippen molar-refractivity contribution in [3.05, 3.63) is 22.9 Å². The smallest absolute Gasteiger partial charge is 0.254 e. The molecule has 1 unspecified atom stereocenters. The normalized spacial score (nSPS) is 18.4. The van der Waals surface area contributed by atoms with Crippen molar-refractivity contribution < 1.29 is 4.74 Å². The quantitative estimate of drug-likeness (QED) is 0.900. The standard InChI is InChI=1S/C13H17BrN6O/c1-21-8-9-4-2-6-19(9)12-10(14)11(15)17-13(18-12)20-7-3-5-16-20/h3,5,7,9H,2,4,6,8H2,1H3,(H2,15,17,18). The molecular formula is C13H17BrN6O. The molecule has 8 heteroatoms. The third kappa shape index (κ3) is 2.73. The van der Waals surface area contributed by atoms with Gasteiger partial charge in [0.05, 0.1) is 12.6 Å². The van der Waals surface area contributed by atoms with E-state index in [0.717, 1.165) is 29.7 Å². The van der Waals surface area contributed by atoms with Gasteiger partial charge in [0.25, 0.3) is 5.95 Å². The summed E-state index contributed by atoms with van der Waals surface area (Å²) in [7, 11) is 1.72. The van der Waals surface area contributed by atoms with Crippen molar-refractivity contribution in [2.75, 3.05) is 30.9 Å². The first-order chi connectivity index (χ1) is 10.2. The Bertz CT molecular complexity index is 617. The highest BCUT2D eigenvalue weighted by atomic mass is 79.9. The van der Waals surface area contributed by atoms with Gasteiger partial charge in [-0.3, -0.25) is 0 Å². The molecule has 112 valence electrons. The molecule has 2 aromatic rings. The number of anilines is 2. The molecule has 0 saturated carbocycles. The molecule has 1 fully saturated rings. The second-order valence-corrected chi connectivity index (χ2v) is 5.73. The molecule has 21 heavy (non-hydrogen) atoms. The van der Waals surface area contributed by atoms with E-state index in [1.807, 2.05) is 6.07 Å². The number of methoxy groups -OCH3 is 1. The van der Waals surface area contributed by atoms with Gasteiger partial charge in [0.15, 0.2) is 5.82 Å². The molecule has 1 aliphatic heterocycles. The van der Waals surface area contributed by atoms with Crippen LogP contribution in [0.5, 0.6) is 0 Å². The number of hydrogen-bond donors (Lipinski definition) is 1. The van der Waals surface area contributed by atoms with Crippen LogP contribution >= 0.6 is 15.9 Å². The van der Waals surface area contributed by atoms with Crippen molar-refractivity contribution in [2.24, 2.45) is 0 Å². The first kappa shape index (κ1) is 14.3. The molecule has 0 aliphatic carbocycles. The zero-order chi connectivity index (χ0) is 14.8. The van der Waals surface area contributed by atoms with E-state index in [-0.39, 0.29) is 0 Å². The van der Waals surface area contributed by atoms with Gasteiger partial charge in [0.2, 0.25) is 0 Å². The number of hydrogen-bond acceptors (Lipinski definition) is 6. The van der Waals surface area contributed by atoms with Gasteiger partial charge in [-0.05, 0) is 34.8 Å². The maximum Gasteiger partial charge on any atom is 0.254 e. The third-order valence-corrected chi connectivity index (χ3v) is 4.33. The van der Waals surface area contributed by atoms with Crippen LogP contribution in [-0.4, -0.2) is 46.1 Å². The second kappa shape index (κ2) is 5.98. The summed E-state index contributed by atoms with van der Waals surface area (Å²) in [5, 5.41) is 4.16. The summed E-state index contributed by atoms with van der Waals surface area (Å²) in [6.07, 6.45) is 5.68. The zero-order valence-corrected chi connectivity index (χ0v) is 13.3. The van der Waals surface area contributed by atoms with Gasteiger partial charge in [0.1, 0.15) is 10.3 Å². The topological polar surface area (TPSA) is 82.1 Å². The number of nitrogens with two attached hydrogens (primary N) is 1. The van der Waals surface area contributed by atoms with E-state index in [4.69, 9.17) is 10.5 Å². The average Bonchev–Trinajstić information content (AvgIpc) is 3.13. The van der Waals surface area contributed by atoms with E-state index in [9.17, 15) is 0 Å². The molecule has 0 amide bonds.